The Hall–Kier alpha value is -1.51. The SMILES string of the molecule is CC(C)NC(=O)COc1cccc(C(C)(C)C)c1. The molecule has 0 aliphatic heterocycles. The fourth-order valence-corrected chi connectivity index (χ4v) is 1.56. The first-order valence-electron chi connectivity index (χ1n) is 6.32. The van der Waals surface area contributed by atoms with Crippen LogP contribution in [0, 0.1) is 0 Å². The Kier molecular flexibility index (Phi) is 4.76. The minimum Gasteiger partial charge on any atom is -0.484 e. The normalized spacial score (nSPS) is 11.4. The van der Waals surface area contributed by atoms with Gasteiger partial charge in [-0.05, 0) is 37.0 Å². The monoisotopic (exact) mass is 249 g/mol. The lowest BCUT2D eigenvalue weighted by atomic mass is 9.87. The molecule has 1 aromatic carbocycles. The molecular formula is C15H23NO2. The molecule has 0 fully saturated rings. The second kappa shape index (κ2) is 5.89. The first-order chi connectivity index (χ1) is 8.29. The topological polar surface area (TPSA) is 38.3 Å². The largest absolute Gasteiger partial charge is 0.484 e. The van der Waals surface area contributed by atoms with Gasteiger partial charge in [0.15, 0.2) is 6.61 Å². The number of amides is 1. The fraction of sp³-hybridized carbons (Fsp3) is 0.533. The summed E-state index contributed by atoms with van der Waals surface area (Å²) in [5.41, 5.74) is 1.28. The Labute approximate surface area is 110 Å². The van der Waals surface area contributed by atoms with Crippen molar-refractivity contribution in [2.45, 2.75) is 46.1 Å². The van der Waals surface area contributed by atoms with E-state index >= 15 is 0 Å². The second-order valence-corrected chi connectivity index (χ2v) is 5.79. The Morgan fingerprint density at radius 2 is 2.00 bits per heavy atom. The van der Waals surface area contributed by atoms with Gasteiger partial charge in [-0.25, -0.2) is 0 Å². The van der Waals surface area contributed by atoms with Crippen LogP contribution >= 0.6 is 0 Å². The minimum absolute atomic E-state index is 0.0613. The second-order valence-electron chi connectivity index (χ2n) is 5.79. The molecule has 0 aliphatic carbocycles. The predicted molar refractivity (Wildman–Crippen MR) is 73.9 cm³/mol. The highest BCUT2D eigenvalue weighted by Crippen LogP contribution is 2.25. The van der Waals surface area contributed by atoms with Gasteiger partial charge in [-0.3, -0.25) is 4.79 Å². The molecule has 0 aliphatic rings. The zero-order chi connectivity index (χ0) is 13.8. The van der Waals surface area contributed by atoms with Gasteiger partial charge in [-0.15, -0.1) is 0 Å². The Morgan fingerprint density at radius 1 is 1.33 bits per heavy atom. The van der Waals surface area contributed by atoms with Crippen LogP contribution < -0.4 is 10.1 Å². The van der Waals surface area contributed by atoms with E-state index < -0.39 is 0 Å². The molecule has 0 radical (unpaired) electrons. The third kappa shape index (κ3) is 4.78. The van der Waals surface area contributed by atoms with Crippen molar-refractivity contribution in [2.75, 3.05) is 6.61 Å². The lowest BCUT2D eigenvalue weighted by Crippen LogP contribution is -2.34. The minimum atomic E-state index is -0.0915. The summed E-state index contributed by atoms with van der Waals surface area (Å²) in [5.74, 6) is 0.646. The van der Waals surface area contributed by atoms with E-state index in [1.807, 2.05) is 32.0 Å². The summed E-state index contributed by atoms with van der Waals surface area (Å²) in [4.78, 5) is 11.5. The van der Waals surface area contributed by atoms with E-state index in [9.17, 15) is 4.79 Å². The molecule has 3 heteroatoms. The highest BCUT2D eigenvalue weighted by molar-refractivity contribution is 5.77. The van der Waals surface area contributed by atoms with Gasteiger partial charge in [0.25, 0.3) is 5.91 Å². The molecule has 0 aromatic heterocycles. The van der Waals surface area contributed by atoms with E-state index in [4.69, 9.17) is 4.74 Å². The molecule has 1 rings (SSSR count). The summed E-state index contributed by atoms with van der Waals surface area (Å²) < 4.78 is 5.49. The summed E-state index contributed by atoms with van der Waals surface area (Å²) in [6.45, 7) is 10.4. The molecule has 0 spiro atoms. The molecule has 0 saturated carbocycles. The molecule has 1 N–H and O–H groups in total. The van der Waals surface area contributed by atoms with Crippen molar-refractivity contribution in [3.05, 3.63) is 29.8 Å². The molecular weight excluding hydrogens is 226 g/mol. The summed E-state index contributed by atoms with van der Waals surface area (Å²) in [6, 6.07) is 8.03. The summed E-state index contributed by atoms with van der Waals surface area (Å²) in [6.07, 6.45) is 0. The lowest BCUT2D eigenvalue weighted by Gasteiger charge is -2.19. The van der Waals surface area contributed by atoms with E-state index in [1.54, 1.807) is 0 Å². The maximum absolute atomic E-state index is 11.5. The van der Waals surface area contributed by atoms with Crippen molar-refractivity contribution in [1.29, 1.82) is 0 Å². The Morgan fingerprint density at radius 3 is 2.56 bits per heavy atom. The highest BCUT2D eigenvalue weighted by atomic mass is 16.5. The van der Waals surface area contributed by atoms with Gasteiger partial charge in [0.2, 0.25) is 0 Å². The van der Waals surface area contributed by atoms with Crippen molar-refractivity contribution < 1.29 is 9.53 Å². The van der Waals surface area contributed by atoms with Crippen molar-refractivity contribution >= 4 is 5.91 Å². The van der Waals surface area contributed by atoms with Gasteiger partial charge in [0.1, 0.15) is 5.75 Å². The van der Waals surface area contributed by atoms with Gasteiger partial charge in [-0.1, -0.05) is 32.9 Å². The van der Waals surface area contributed by atoms with Crippen LogP contribution in [0.4, 0.5) is 0 Å². The van der Waals surface area contributed by atoms with E-state index in [1.165, 1.54) is 5.56 Å². The van der Waals surface area contributed by atoms with E-state index in [-0.39, 0.29) is 24.0 Å². The number of ether oxygens (including phenoxy) is 1. The number of hydrogen-bond donors (Lipinski definition) is 1. The van der Waals surface area contributed by atoms with Gasteiger partial charge in [0.05, 0.1) is 0 Å². The van der Waals surface area contributed by atoms with Crippen molar-refractivity contribution in [2.24, 2.45) is 0 Å². The molecule has 0 saturated heterocycles. The third-order valence-electron chi connectivity index (χ3n) is 2.52. The predicted octanol–water partition coefficient (Wildman–Crippen LogP) is 2.89. The average molecular weight is 249 g/mol. The van der Waals surface area contributed by atoms with E-state index in [0.717, 1.165) is 5.75 Å². The Balaban J connectivity index is 2.61. The third-order valence-corrected chi connectivity index (χ3v) is 2.52. The van der Waals surface area contributed by atoms with Crippen LogP contribution in [0.1, 0.15) is 40.2 Å². The number of carbonyl (C=O) groups is 1. The van der Waals surface area contributed by atoms with Gasteiger partial charge < -0.3 is 10.1 Å². The number of nitrogens with one attached hydrogen (secondary N) is 1. The Bertz CT molecular complexity index is 405. The molecule has 0 bridgehead atoms. The van der Waals surface area contributed by atoms with Crippen LogP contribution in [-0.2, 0) is 10.2 Å². The van der Waals surface area contributed by atoms with Crippen LogP contribution in [0.2, 0.25) is 0 Å². The summed E-state index contributed by atoms with van der Waals surface area (Å²) >= 11 is 0. The summed E-state index contributed by atoms with van der Waals surface area (Å²) in [7, 11) is 0. The zero-order valence-corrected chi connectivity index (χ0v) is 11.9. The molecule has 3 nitrogen and oxygen atoms in total. The maximum Gasteiger partial charge on any atom is 0.258 e. The summed E-state index contributed by atoms with van der Waals surface area (Å²) in [5, 5.41) is 2.79. The number of benzene rings is 1. The van der Waals surface area contributed by atoms with Gasteiger partial charge in [-0.2, -0.15) is 0 Å². The smallest absolute Gasteiger partial charge is 0.258 e. The van der Waals surface area contributed by atoms with Gasteiger partial charge >= 0.3 is 0 Å². The maximum atomic E-state index is 11.5. The molecule has 0 atom stereocenters. The van der Waals surface area contributed by atoms with Crippen molar-refractivity contribution in [1.82, 2.24) is 5.32 Å². The molecule has 1 amide bonds. The van der Waals surface area contributed by atoms with Crippen molar-refractivity contribution in [3.8, 4) is 5.75 Å². The van der Waals surface area contributed by atoms with Gasteiger partial charge in [0, 0.05) is 6.04 Å². The lowest BCUT2D eigenvalue weighted by molar-refractivity contribution is -0.123. The van der Waals surface area contributed by atoms with Crippen molar-refractivity contribution in [3.63, 3.8) is 0 Å². The standard InChI is InChI=1S/C15H23NO2/c1-11(2)16-14(17)10-18-13-8-6-7-12(9-13)15(3,4)5/h6-9,11H,10H2,1-5H3,(H,16,17). The fourth-order valence-electron chi connectivity index (χ4n) is 1.56. The zero-order valence-electron chi connectivity index (χ0n) is 11.9. The first-order valence-corrected chi connectivity index (χ1v) is 6.32. The van der Waals surface area contributed by atoms with Crippen LogP contribution in [0.5, 0.6) is 5.75 Å². The average Bonchev–Trinajstić information content (AvgIpc) is 2.25. The van der Waals surface area contributed by atoms with E-state index in [2.05, 4.69) is 32.2 Å². The quantitative estimate of drug-likeness (QED) is 0.891. The van der Waals surface area contributed by atoms with Crippen LogP contribution in [0.3, 0.4) is 0 Å². The highest BCUT2D eigenvalue weighted by Gasteiger charge is 2.14. The number of hydrogen-bond acceptors (Lipinski definition) is 2. The van der Waals surface area contributed by atoms with E-state index in [0.29, 0.717) is 0 Å². The van der Waals surface area contributed by atoms with Crippen LogP contribution in [0.25, 0.3) is 0 Å². The van der Waals surface area contributed by atoms with Crippen LogP contribution in [0.15, 0.2) is 24.3 Å². The first kappa shape index (κ1) is 14.6. The number of carbonyl (C=O) groups excluding carboxylic acids is 1. The molecule has 18 heavy (non-hydrogen) atoms. The number of rotatable bonds is 4. The molecule has 0 unspecified atom stereocenters. The molecule has 1 aromatic rings. The molecule has 0 heterocycles. The van der Waals surface area contributed by atoms with Crippen LogP contribution in [-0.4, -0.2) is 18.6 Å². The molecule has 100 valence electrons.